The van der Waals surface area contributed by atoms with Crippen molar-refractivity contribution >= 4 is 17.6 Å². The summed E-state index contributed by atoms with van der Waals surface area (Å²) in [5.41, 5.74) is 0.790. The zero-order valence-electron chi connectivity index (χ0n) is 16.7. The molecular weight excluding hydrogens is 366 g/mol. The number of benzene rings is 1. The minimum atomic E-state index is -0.616. The molecule has 2 amide bonds. The van der Waals surface area contributed by atoms with E-state index < -0.39 is 6.04 Å². The number of aromatic nitrogens is 1. The summed E-state index contributed by atoms with van der Waals surface area (Å²) in [6.07, 6.45) is 1.76. The van der Waals surface area contributed by atoms with Gasteiger partial charge in [-0.2, -0.15) is 5.26 Å². The van der Waals surface area contributed by atoms with Gasteiger partial charge in [0.1, 0.15) is 11.9 Å². The van der Waals surface area contributed by atoms with Crippen LogP contribution in [0.3, 0.4) is 0 Å². The highest BCUT2D eigenvalue weighted by atomic mass is 16.2. The maximum Gasteiger partial charge on any atom is 0.251 e. The van der Waals surface area contributed by atoms with E-state index in [2.05, 4.69) is 15.2 Å². The standard InChI is InChI=1S/C22H25N5O2/c1-16(2)20(25-21(28)18-7-5-6-17(14-18)15-23)22(29)27-12-10-26(11-13-27)19-8-3-4-9-24-19/h3-9,14,16,20H,10-13H2,1-2H3,(H,25,28)/t20-/m0/s1. The van der Waals surface area contributed by atoms with Crippen LogP contribution >= 0.6 is 0 Å². The first kappa shape index (κ1) is 20.3. The first-order chi connectivity index (χ1) is 14.0. The molecule has 1 fully saturated rings. The lowest BCUT2D eigenvalue weighted by molar-refractivity contribution is -0.134. The fourth-order valence-electron chi connectivity index (χ4n) is 3.36. The zero-order chi connectivity index (χ0) is 20.8. The van der Waals surface area contributed by atoms with Crippen LogP contribution in [-0.2, 0) is 4.79 Å². The van der Waals surface area contributed by atoms with Gasteiger partial charge in [-0.05, 0) is 36.2 Å². The van der Waals surface area contributed by atoms with E-state index in [4.69, 9.17) is 5.26 Å². The monoisotopic (exact) mass is 391 g/mol. The fraction of sp³-hybridized carbons (Fsp3) is 0.364. The van der Waals surface area contributed by atoms with Gasteiger partial charge >= 0.3 is 0 Å². The van der Waals surface area contributed by atoms with E-state index in [9.17, 15) is 9.59 Å². The quantitative estimate of drug-likeness (QED) is 0.843. The van der Waals surface area contributed by atoms with Crippen molar-refractivity contribution in [3.63, 3.8) is 0 Å². The Bertz CT molecular complexity index is 899. The Labute approximate surface area is 171 Å². The highest BCUT2D eigenvalue weighted by Gasteiger charge is 2.31. The molecule has 7 heteroatoms. The summed E-state index contributed by atoms with van der Waals surface area (Å²) < 4.78 is 0. The number of nitriles is 1. The second-order valence-corrected chi connectivity index (χ2v) is 7.39. The number of piperazine rings is 1. The largest absolute Gasteiger partial charge is 0.353 e. The van der Waals surface area contributed by atoms with Gasteiger partial charge in [-0.1, -0.05) is 26.0 Å². The molecule has 29 heavy (non-hydrogen) atoms. The minimum absolute atomic E-state index is 0.0561. The van der Waals surface area contributed by atoms with Crippen molar-refractivity contribution in [2.24, 2.45) is 5.92 Å². The molecule has 1 atom stereocenters. The third kappa shape index (κ3) is 4.91. The third-order valence-electron chi connectivity index (χ3n) is 5.04. The minimum Gasteiger partial charge on any atom is -0.353 e. The van der Waals surface area contributed by atoms with Gasteiger partial charge in [-0.15, -0.1) is 0 Å². The van der Waals surface area contributed by atoms with Gasteiger partial charge in [0, 0.05) is 37.9 Å². The van der Waals surface area contributed by atoms with Gasteiger partial charge in [0.05, 0.1) is 11.6 Å². The van der Waals surface area contributed by atoms with Crippen molar-refractivity contribution < 1.29 is 9.59 Å². The lowest BCUT2D eigenvalue weighted by Crippen LogP contribution is -2.56. The van der Waals surface area contributed by atoms with Gasteiger partial charge in [-0.3, -0.25) is 9.59 Å². The van der Waals surface area contributed by atoms with Crippen LogP contribution in [0.15, 0.2) is 48.7 Å². The molecule has 2 heterocycles. The normalized spacial score (nSPS) is 15.0. The van der Waals surface area contributed by atoms with Crippen molar-refractivity contribution in [2.75, 3.05) is 31.1 Å². The number of hydrogen-bond donors (Lipinski definition) is 1. The maximum absolute atomic E-state index is 13.1. The zero-order valence-corrected chi connectivity index (χ0v) is 16.7. The number of hydrogen-bond acceptors (Lipinski definition) is 5. The maximum atomic E-state index is 13.1. The molecule has 1 saturated heterocycles. The summed E-state index contributed by atoms with van der Waals surface area (Å²) in [5, 5.41) is 11.9. The smallest absolute Gasteiger partial charge is 0.251 e. The van der Waals surface area contributed by atoms with Gasteiger partial charge < -0.3 is 15.1 Å². The van der Waals surface area contributed by atoms with Gasteiger partial charge in [0.25, 0.3) is 5.91 Å². The molecule has 1 aromatic carbocycles. The van der Waals surface area contributed by atoms with Crippen molar-refractivity contribution in [2.45, 2.75) is 19.9 Å². The molecule has 1 aliphatic heterocycles. The predicted molar refractivity (Wildman–Crippen MR) is 110 cm³/mol. The Morgan fingerprint density at radius 2 is 1.86 bits per heavy atom. The van der Waals surface area contributed by atoms with Crippen LogP contribution < -0.4 is 10.2 Å². The van der Waals surface area contributed by atoms with Gasteiger partial charge in [-0.25, -0.2) is 4.98 Å². The number of carbonyl (C=O) groups excluding carboxylic acids is 2. The van der Waals surface area contributed by atoms with E-state index in [-0.39, 0.29) is 17.7 Å². The average Bonchev–Trinajstić information content (AvgIpc) is 2.77. The molecule has 150 valence electrons. The number of nitrogens with zero attached hydrogens (tertiary/aromatic N) is 4. The summed E-state index contributed by atoms with van der Waals surface area (Å²) in [6.45, 7) is 6.39. The first-order valence-electron chi connectivity index (χ1n) is 9.75. The van der Waals surface area contributed by atoms with Crippen LogP contribution in [0.5, 0.6) is 0 Å². The molecular formula is C22H25N5O2. The van der Waals surface area contributed by atoms with E-state index in [0.717, 1.165) is 5.82 Å². The molecule has 0 spiro atoms. The van der Waals surface area contributed by atoms with Gasteiger partial charge in [0.15, 0.2) is 0 Å². The lowest BCUT2D eigenvalue weighted by Gasteiger charge is -2.37. The number of carbonyl (C=O) groups is 2. The average molecular weight is 391 g/mol. The number of rotatable bonds is 5. The van der Waals surface area contributed by atoms with Crippen molar-refractivity contribution in [3.8, 4) is 6.07 Å². The predicted octanol–water partition coefficient (Wildman–Crippen LogP) is 2.06. The van der Waals surface area contributed by atoms with Gasteiger partial charge in [0.2, 0.25) is 5.91 Å². The highest BCUT2D eigenvalue weighted by Crippen LogP contribution is 2.15. The number of anilines is 1. The second-order valence-electron chi connectivity index (χ2n) is 7.39. The Kier molecular flexibility index (Phi) is 6.45. The number of amides is 2. The highest BCUT2D eigenvalue weighted by molar-refractivity contribution is 5.97. The SMILES string of the molecule is CC(C)[C@H](NC(=O)c1cccc(C#N)c1)C(=O)N1CCN(c2ccccn2)CC1. The topological polar surface area (TPSA) is 89.3 Å². The Morgan fingerprint density at radius 1 is 1.10 bits per heavy atom. The van der Waals surface area contributed by atoms with E-state index in [1.165, 1.54) is 6.07 Å². The summed E-state index contributed by atoms with van der Waals surface area (Å²) in [5.74, 6) is 0.428. The first-order valence-corrected chi connectivity index (χ1v) is 9.75. The number of nitrogens with one attached hydrogen (secondary N) is 1. The molecule has 0 saturated carbocycles. The molecule has 1 aromatic heterocycles. The molecule has 0 radical (unpaired) electrons. The molecule has 0 bridgehead atoms. The molecule has 0 aliphatic carbocycles. The van der Waals surface area contributed by atoms with Crippen LogP contribution in [-0.4, -0.2) is 53.9 Å². The molecule has 7 nitrogen and oxygen atoms in total. The lowest BCUT2D eigenvalue weighted by atomic mass is 10.0. The molecule has 1 aliphatic rings. The van der Waals surface area contributed by atoms with Crippen molar-refractivity contribution in [1.29, 1.82) is 5.26 Å². The van der Waals surface area contributed by atoms with E-state index in [1.807, 2.05) is 38.1 Å². The Balaban J connectivity index is 1.64. The third-order valence-corrected chi connectivity index (χ3v) is 5.04. The molecule has 0 unspecified atom stereocenters. The number of pyridine rings is 1. The van der Waals surface area contributed by atoms with Crippen LogP contribution in [0.25, 0.3) is 0 Å². The summed E-state index contributed by atoms with van der Waals surface area (Å²) >= 11 is 0. The van der Waals surface area contributed by atoms with Crippen LogP contribution in [0, 0.1) is 17.2 Å². The van der Waals surface area contributed by atoms with E-state index >= 15 is 0 Å². The van der Waals surface area contributed by atoms with Crippen molar-refractivity contribution in [3.05, 3.63) is 59.8 Å². The fourth-order valence-corrected chi connectivity index (χ4v) is 3.36. The Hall–Kier alpha value is -3.40. The van der Waals surface area contributed by atoms with Crippen molar-refractivity contribution in [1.82, 2.24) is 15.2 Å². The summed E-state index contributed by atoms with van der Waals surface area (Å²) in [4.78, 5) is 34.1. The molecule has 1 N–H and O–H groups in total. The molecule has 2 aromatic rings. The summed E-state index contributed by atoms with van der Waals surface area (Å²) in [6, 6.07) is 13.7. The van der Waals surface area contributed by atoms with Crippen LogP contribution in [0.1, 0.15) is 29.8 Å². The summed E-state index contributed by atoms with van der Waals surface area (Å²) in [7, 11) is 0. The van der Waals surface area contributed by atoms with E-state index in [1.54, 1.807) is 29.3 Å². The van der Waals surface area contributed by atoms with E-state index in [0.29, 0.717) is 37.3 Å². The molecule has 3 rings (SSSR count). The Morgan fingerprint density at radius 3 is 2.48 bits per heavy atom. The van der Waals surface area contributed by atoms with Crippen LogP contribution in [0.4, 0.5) is 5.82 Å². The van der Waals surface area contributed by atoms with Crippen LogP contribution in [0.2, 0.25) is 0 Å². The second kappa shape index (κ2) is 9.20.